The van der Waals surface area contributed by atoms with Gasteiger partial charge in [0.2, 0.25) is 0 Å². The Morgan fingerprint density at radius 1 is 0.310 bits per heavy atom. The molecule has 0 fully saturated rings. The van der Waals surface area contributed by atoms with Crippen LogP contribution >= 0.6 is 7.82 Å². The van der Waals surface area contributed by atoms with E-state index in [0.29, 0.717) is 17.4 Å². The largest absolute Gasteiger partial charge is 0.472 e. The van der Waals surface area contributed by atoms with Gasteiger partial charge in [0.15, 0.2) is 6.10 Å². The molecule has 0 aromatic heterocycles. The summed E-state index contributed by atoms with van der Waals surface area (Å²) in [7, 11) is 1.46. The maximum atomic E-state index is 12.9. The number of carbonyl (C=O) groups is 2. The average molecular weight is 1400 g/mol. The lowest BCUT2D eigenvalue weighted by atomic mass is 10.0. The number of hydrogen-bond donors (Lipinski definition) is 1. The topological polar surface area (TPSA) is 108 Å². The number of rotatable bonds is 72. The lowest BCUT2D eigenvalue weighted by Gasteiger charge is -2.24. The van der Waals surface area contributed by atoms with Gasteiger partial charge in [-0.3, -0.25) is 18.6 Å². The first-order valence-electron chi connectivity index (χ1n) is 40.2. The summed E-state index contributed by atoms with van der Waals surface area (Å²) in [4.78, 5) is 36.0. The van der Waals surface area contributed by atoms with Gasteiger partial charge in [0.25, 0.3) is 0 Å². The summed E-state index contributed by atoms with van der Waals surface area (Å²) < 4.78 is 34.8. The molecule has 0 bridgehead atoms. The Morgan fingerprint density at radius 2 is 0.540 bits per heavy atom. The van der Waals surface area contributed by atoms with Gasteiger partial charge in [-0.1, -0.05) is 350 Å². The highest BCUT2D eigenvalue weighted by molar-refractivity contribution is 7.47. The van der Waals surface area contributed by atoms with E-state index in [-0.39, 0.29) is 32.0 Å². The summed E-state index contributed by atoms with van der Waals surface area (Å²) in [6, 6.07) is 0. The Kier molecular flexibility index (Phi) is 74.0. The molecule has 2 unspecified atom stereocenters. The normalized spacial score (nSPS) is 14.1. The van der Waals surface area contributed by atoms with Crippen LogP contribution in [0.2, 0.25) is 0 Å². The third kappa shape index (κ3) is 81.8. The molecule has 10 heteroatoms. The molecule has 0 saturated heterocycles. The van der Waals surface area contributed by atoms with Crippen molar-refractivity contribution in [3.05, 3.63) is 194 Å². The minimum Gasteiger partial charge on any atom is -0.462 e. The molecule has 0 aromatic carbocycles. The number of ether oxygens (including phenoxy) is 2. The molecule has 2 atom stereocenters. The Bertz CT molecular complexity index is 2400. The summed E-state index contributed by atoms with van der Waals surface area (Å²) in [6.07, 6.45) is 121. The van der Waals surface area contributed by atoms with Gasteiger partial charge in [0.1, 0.15) is 19.8 Å². The second-order valence-electron chi connectivity index (χ2n) is 27.3. The predicted molar refractivity (Wildman–Crippen MR) is 435 cm³/mol. The molecule has 0 saturated carbocycles. The molecule has 0 radical (unpaired) electrons. The van der Waals surface area contributed by atoms with E-state index in [0.717, 1.165) is 148 Å². The summed E-state index contributed by atoms with van der Waals surface area (Å²) in [5, 5.41) is 0. The number of esters is 2. The van der Waals surface area contributed by atoms with Crippen molar-refractivity contribution in [2.75, 3.05) is 47.5 Å². The fourth-order valence-corrected chi connectivity index (χ4v) is 11.3. The maximum Gasteiger partial charge on any atom is 0.472 e. The number of hydrogen-bond acceptors (Lipinski definition) is 7. The summed E-state index contributed by atoms with van der Waals surface area (Å²) >= 11 is 0. The van der Waals surface area contributed by atoms with Crippen LogP contribution in [0.25, 0.3) is 0 Å². The molecule has 0 aliphatic rings. The van der Waals surface area contributed by atoms with E-state index in [4.69, 9.17) is 18.5 Å². The van der Waals surface area contributed by atoms with Crippen molar-refractivity contribution < 1.29 is 42.1 Å². The molecular weight excluding hydrogens is 1250 g/mol. The Balaban J connectivity index is 4.04. The van der Waals surface area contributed by atoms with Crippen molar-refractivity contribution in [2.24, 2.45) is 0 Å². The molecule has 0 spiro atoms. The van der Waals surface area contributed by atoms with E-state index in [2.05, 4.69) is 208 Å². The van der Waals surface area contributed by atoms with Crippen molar-refractivity contribution in [1.82, 2.24) is 0 Å². The van der Waals surface area contributed by atoms with Crippen molar-refractivity contribution in [1.29, 1.82) is 0 Å². The van der Waals surface area contributed by atoms with Gasteiger partial charge in [-0.25, -0.2) is 4.57 Å². The van der Waals surface area contributed by atoms with E-state index in [9.17, 15) is 19.0 Å². The molecular formula is C90H149NO8P+. The van der Waals surface area contributed by atoms with E-state index in [1.54, 1.807) is 0 Å². The van der Waals surface area contributed by atoms with Crippen molar-refractivity contribution in [2.45, 2.75) is 315 Å². The Hall–Kier alpha value is -5.15. The van der Waals surface area contributed by atoms with Gasteiger partial charge in [0, 0.05) is 12.8 Å². The minimum atomic E-state index is -4.41. The second kappa shape index (κ2) is 78.0. The highest BCUT2D eigenvalue weighted by atomic mass is 31.2. The number of carbonyl (C=O) groups excluding carboxylic acids is 2. The molecule has 0 aliphatic carbocycles. The monoisotopic (exact) mass is 1400 g/mol. The molecule has 9 nitrogen and oxygen atoms in total. The summed E-state index contributed by atoms with van der Waals surface area (Å²) in [5.41, 5.74) is 0. The Morgan fingerprint density at radius 3 is 0.800 bits per heavy atom. The summed E-state index contributed by atoms with van der Waals surface area (Å²) in [6.45, 7) is 4.20. The van der Waals surface area contributed by atoms with Gasteiger partial charge in [-0.05, 0) is 141 Å². The molecule has 566 valence electrons. The molecule has 0 rings (SSSR count). The number of quaternary nitrogens is 1. The molecule has 0 heterocycles. The van der Waals surface area contributed by atoms with Gasteiger partial charge >= 0.3 is 19.8 Å². The smallest absolute Gasteiger partial charge is 0.462 e. The molecule has 0 aromatic rings. The zero-order valence-electron chi connectivity index (χ0n) is 64.6. The SMILES string of the molecule is CC/C=C\C/C=C\C/C=C\C/C=C\C/C=C\C/C=C\C/C=C\C/C=C\C/C=C\CCCCCCCCCCCC(=O)OC(COC(=O)CCCCCCCCCCCCCCCCCCC/C=C\C/C=C\C/C=C\C/C=C\C/C=C\C/C=C\C/C=C\CC)COP(=O)(O)OCC[N+](C)(C)C. The third-order valence-corrected chi connectivity index (χ3v) is 17.6. The number of nitrogens with zero attached hydrogens (tertiary/aromatic N) is 1. The Labute approximate surface area is 615 Å². The van der Waals surface area contributed by atoms with Crippen LogP contribution in [0.1, 0.15) is 309 Å². The lowest BCUT2D eigenvalue weighted by Crippen LogP contribution is -2.37. The van der Waals surface area contributed by atoms with E-state index in [1.165, 1.54) is 128 Å². The quantitative estimate of drug-likeness (QED) is 0.0211. The number of likely N-dealkylation sites (N-methyl/N-ethyl adjacent to an activating group) is 1. The van der Waals surface area contributed by atoms with Crippen LogP contribution in [0.3, 0.4) is 0 Å². The van der Waals surface area contributed by atoms with Crippen molar-refractivity contribution in [3.63, 3.8) is 0 Å². The van der Waals surface area contributed by atoms with Crippen LogP contribution in [-0.2, 0) is 32.7 Å². The van der Waals surface area contributed by atoms with Crippen LogP contribution < -0.4 is 0 Å². The third-order valence-electron chi connectivity index (χ3n) is 16.6. The fourth-order valence-electron chi connectivity index (χ4n) is 10.6. The van der Waals surface area contributed by atoms with Crippen molar-refractivity contribution >= 4 is 19.8 Å². The van der Waals surface area contributed by atoms with Crippen molar-refractivity contribution in [3.8, 4) is 0 Å². The van der Waals surface area contributed by atoms with Crippen LogP contribution in [0, 0.1) is 0 Å². The zero-order valence-corrected chi connectivity index (χ0v) is 65.5. The number of unbranched alkanes of at least 4 members (excludes halogenated alkanes) is 26. The number of phosphoric ester groups is 1. The van der Waals surface area contributed by atoms with Gasteiger partial charge in [-0.15, -0.1) is 0 Å². The standard InChI is InChI=1S/C90H148NO8P/c1-6-8-10-12-14-16-18-20-22-24-26-28-30-32-34-36-38-40-42-44-45-47-48-50-52-54-56-58-60-62-64-66-68-70-72-74-76-78-80-82-89(92)96-86-88(87-98-100(94,95)97-85-84-91(3,4)5)99-90(93)83-81-79-77-75-73-71-69-67-65-63-61-59-57-55-53-51-49-46-43-41-39-37-35-33-31-29-27-25-23-21-19-17-15-13-11-9-7-2/h8-11,14-17,20-23,26-29,32-35,38-41,44-46,49,53,55,59,61,88H,6-7,12-13,18-19,24-25,30-31,36-37,42-43,47-48,50-52,54,56-58,60,62-87H2,1-5H3/p+1/b10-8-,11-9-,16-14-,17-15-,22-20-,23-21-,28-26-,29-27-,34-32-,35-33-,40-38-,41-39-,45-44-,49-46-,55-53-,61-59-. The maximum absolute atomic E-state index is 12.9. The van der Waals surface area contributed by atoms with Gasteiger partial charge in [-0.2, -0.15) is 0 Å². The van der Waals surface area contributed by atoms with Crippen LogP contribution in [-0.4, -0.2) is 74.9 Å². The highest BCUT2D eigenvalue weighted by Crippen LogP contribution is 2.43. The first-order chi connectivity index (χ1) is 49.0. The van der Waals surface area contributed by atoms with Crippen LogP contribution in [0.5, 0.6) is 0 Å². The first-order valence-corrected chi connectivity index (χ1v) is 41.7. The fraction of sp³-hybridized carbons (Fsp3) is 0.622. The predicted octanol–water partition coefficient (Wildman–Crippen LogP) is 27.2. The van der Waals surface area contributed by atoms with Gasteiger partial charge in [0.05, 0.1) is 27.7 Å². The average Bonchev–Trinajstić information content (AvgIpc) is 1.02. The number of allylic oxidation sites excluding steroid dienone is 32. The molecule has 0 aliphatic heterocycles. The molecule has 1 N–H and O–H groups in total. The lowest BCUT2D eigenvalue weighted by molar-refractivity contribution is -0.870. The van der Waals surface area contributed by atoms with E-state index < -0.39 is 26.5 Å². The van der Waals surface area contributed by atoms with E-state index in [1.807, 2.05) is 21.1 Å². The molecule has 100 heavy (non-hydrogen) atoms. The zero-order chi connectivity index (χ0) is 72.5. The van der Waals surface area contributed by atoms with Crippen LogP contribution in [0.4, 0.5) is 0 Å². The van der Waals surface area contributed by atoms with E-state index >= 15 is 0 Å². The van der Waals surface area contributed by atoms with Crippen LogP contribution in [0.15, 0.2) is 194 Å². The van der Waals surface area contributed by atoms with Gasteiger partial charge < -0.3 is 18.9 Å². The minimum absolute atomic E-state index is 0.0226. The first kappa shape index (κ1) is 94.8. The summed E-state index contributed by atoms with van der Waals surface area (Å²) in [5.74, 6) is -0.807. The highest BCUT2D eigenvalue weighted by Gasteiger charge is 2.27. The second-order valence-corrected chi connectivity index (χ2v) is 28.8. The number of phosphoric acid groups is 1. The molecule has 0 amide bonds.